The number of amides is 1. The van der Waals surface area contributed by atoms with Gasteiger partial charge in [0.1, 0.15) is 0 Å². The zero-order valence-electron chi connectivity index (χ0n) is 13.3. The van der Waals surface area contributed by atoms with Crippen LogP contribution in [0.1, 0.15) is 23.2 Å². The van der Waals surface area contributed by atoms with Crippen molar-refractivity contribution in [2.45, 2.75) is 39.0 Å². The molecule has 2 unspecified atom stereocenters. The number of hydrogen-bond donors (Lipinski definition) is 3. The molecule has 5 nitrogen and oxygen atoms in total. The third-order valence-electron chi connectivity index (χ3n) is 4.23. The van der Waals surface area contributed by atoms with E-state index in [1.54, 1.807) is 11.3 Å². The van der Waals surface area contributed by atoms with Gasteiger partial charge in [-0.25, -0.2) is 4.98 Å². The van der Waals surface area contributed by atoms with Crippen molar-refractivity contribution in [3.05, 3.63) is 40.5 Å². The minimum atomic E-state index is -0.422. The number of aromatic nitrogens is 1. The van der Waals surface area contributed by atoms with Gasteiger partial charge in [0.05, 0.1) is 28.2 Å². The molecule has 1 aliphatic heterocycles. The standard InChI is InChI=1S/C17H21N3O2S/c1-10-5-12(16-11(2)20-9-23-16)3-4-13(10)7-19-17(22)15-6-14(21)8-18-15/h3-5,9,14-15,18,21H,6-8H2,1-2H3,(H,19,22). The molecule has 6 heteroatoms. The zero-order chi connectivity index (χ0) is 16.4. The van der Waals surface area contributed by atoms with Gasteiger partial charge in [-0.2, -0.15) is 0 Å². The van der Waals surface area contributed by atoms with Gasteiger partial charge in [0, 0.05) is 13.1 Å². The number of nitrogens with zero attached hydrogens (tertiary/aromatic N) is 1. The first-order valence-corrected chi connectivity index (χ1v) is 8.61. The Labute approximate surface area is 139 Å². The number of nitrogens with one attached hydrogen (secondary N) is 2. The lowest BCUT2D eigenvalue weighted by Crippen LogP contribution is -2.40. The van der Waals surface area contributed by atoms with Crippen LogP contribution in [0.4, 0.5) is 0 Å². The van der Waals surface area contributed by atoms with Crippen LogP contribution in [0.15, 0.2) is 23.7 Å². The lowest BCUT2D eigenvalue weighted by atomic mass is 10.0. The van der Waals surface area contributed by atoms with Crippen LogP contribution in [0.2, 0.25) is 0 Å². The molecule has 0 bridgehead atoms. The lowest BCUT2D eigenvalue weighted by molar-refractivity contribution is -0.123. The molecule has 1 aromatic carbocycles. The largest absolute Gasteiger partial charge is 0.392 e. The first kappa shape index (κ1) is 16.1. The Kier molecular flexibility index (Phi) is 4.75. The van der Waals surface area contributed by atoms with Crippen molar-refractivity contribution in [3.63, 3.8) is 0 Å². The fourth-order valence-corrected chi connectivity index (χ4v) is 3.64. The van der Waals surface area contributed by atoms with E-state index in [2.05, 4.69) is 40.7 Å². The Morgan fingerprint density at radius 3 is 2.91 bits per heavy atom. The molecule has 0 aliphatic carbocycles. The number of benzene rings is 1. The second-order valence-electron chi connectivity index (χ2n) is 5.98. The van der Waals surface area contributed by atoms with Gasteiger partial charge in [0.15, 0.2) is 0 Å². The SMILES string of the molecule is Cc1cc(-c2scnc2C)ccc1CNC(=O)C1CC(O)CN1. The third-order valence-corrected chi connectivity index (χ3v) is 5.21. The molecule has 1 fully saturated rings. The van der Waals surface area contributed by atoms with Gasteiger partial charge < -0.3 is 15.7 Å². The van der Waals surface area contributed by atoms with E-state index in [1.807, 2.05) is 12.4 Å². The van der Waals surface area contributed by atoms with Gasteiger partial charge in [0.2, 0.25) is 5.91 Å². The number of aliphatic hydroxyl groups is 1. The molecule has 122 valence electrons. The average Bonchev–Trinajstić information content (AvgIpc) is 3.14. The molecular weight excluding hydrogens is 310 g/mol. The normalized spacial score (nSPS) is 20.7. The number of thiazole rings is 1. The molecule has 3 N–H and O–H groups in total. The molecule has 1 amide bonds. The van der Waals surface area contributed by atoms with Crippen LogP contribution in [-0.2, 0) is 11.3 Å². The van der Waals surface area contributed by atoms with Crippen LogP contribution in [0, 0.1) is 13.8 Å². The maximum absolute atomic E-state index is 12.1. The first-order chi connectivity index (χ1) is 11.0. The van der Waals surface area contributed by atoms with Crippen LogP contribution in [0.5, 0.6) is 0 Å². The highest BCUT2D eigenvalue weighted by atomic mass is 32.1. The molecule has 0 spiro atoms. The van der Waals surface area contributed by atoms with Crippen LogP contribution in [0.25, 0.3) is 10.4 Å². The van der Waals surface area contributed by atoms with E-state index in [1.165, 1.54) is 4.88 Å². The molecule has 3 rings (SSSR count). The second kappa shape index (κ2) is 6.78. The zero-order valence-corrected chi connectivity index (χ0v) is 14.1. The van der Waals surface area contributed by atoms with Gasteiger partial charge in [-0.15, -0.1) is 11.3 Å². The summed E-state index contributed by atoms with van der Waals surface area (Å²) in [6.45, 7) is 5.05. The number of hydrogen-bond acceptors (Lipinski definition) is 5. The van der Waals surface area contributed by atoms with E-state index in [4.69, 9.17) is 0 Å². The highest BCUT2D eigenvalue weighted by molar-refractivity contribution is 7.13. The Balaban J connectivity index is 1.65. The number of aliphatic hydroxyl groups excluding tert-OH is 1. The van der Waals surface area contributed by atoms with E-state index in [9.17, 15) is 9.90 Å². The highest BCUT2D eigenvalue weighted by Crippen LogP contribution is 2.28. The maximum Gasteiger partial charge on any atom is 0.237 e. The van der Waals surface area contributed by atoms with E-state index in [0.29, 0.717) is 19.5 Å². The smallest absolute Gasteiger partial charge is 0.237 e. The van der Waals surface area contributed by atoms with E-state index >= 15 is 0 Å². The number of β-amino-alcohol motifs (C(OH)–C–C–N with tert-alkyl or cyclic N) is 1. The molecule has 1 saturated heterocycles. The minimum absolute atomic E-state index is 0.0525. The summed E-state index contributed by atoms with van der Waals surface area (Å²) in [4.78, 5) is 17.6. The van der Waals surface area contributed by atoms with E-state index in [-0.39, 0.29) is 11.9 Å². The summed E-state index contributed by atoms with van der Waals surface area (Å²) in [5.74, 6) is -0.0525. The van der Waals surface area contributed by atoms with Gasteiger partial charge in [-0.05, 0) is 37.0 Å². The van der Waals surface area contributed by atoms with Crippen molar-refractivity contribution in [2.75, 3.05) is 6.54 Å². The third kappa shape index (κ3) is 3.60. The van der Waals surface area contributed by atoms with Gasteiger partial charge >= 0.3 is 0 Å². The molecule has 2 aromatic rings. The van der Waals surface area contributed by atoms with Crippen molar-refractivity contribution in [1.29, 1.82) is 0 Å². The number of aryl methyl sites for hydroxylation is 2. The molecule has 23 heavy (non-hydrogen) atoms. The number of carbonyl (C=O) groups excluding carboxylic acids is 1. The van der Waals surface area contributed by atoms with Gasteiger partial charge in [-0.1, -0.05) is 18.2 Å². The van der Waals surface area contributed by atoms with Gasteiger partial charge in [0.25, 0.3) is 0 Å². The molecule has 0 radical (unpaired) electrons. The summed E-state index contributed by atoms with van der Waals surface area (Å²) in [5, 5.41) is 15.4. The van der Waals surface area contributed by atoms with Crippen molar-refractivity contribution in [1.82, 2.24) is 15.6 Å². The number of carbonyl (C=O) groups is 1. The molecule has 2 heterocycles. The van der Waals surface area contributed by atoms with Crippen molar-refractivity contribution in [2.24, 2.45) is 0 Å². The molecule has 1 aromatic heterocycles. The van der Waals surface area contributed by atoms with E-state index < -0.39 is 6.10 Å². The van der Waals surface area contributed by atoms with Gasteiger partial charge in [-0.3, -0.25) is 4.79 Å². The fourth-order valence-electron chi connectivity index (χ4n) is 2.84. The number of rotatable bonds is 4. The molecule has 2 atom stereocenters. The average molecular weight is 331 g/mol. The van der Waals surface area contributed by atoms with Crippen molar-refractivity contribution in [3.8, 4) is 10.4 Å². The van der Waals surface area contributed by atoms with Crippen LogP contribution in [-0.4, -0.2) is 34.7 Å². The minimum Gasteiger partial charge on any atom is -0.392 e. The quantitative estimate of drug-likeness (QED) is 0.798. The summed E-state index contributed by atoms with van der Waals surface area (Å²) in [5.41, 5.74) is 6.31. The predicted molar refractivity (Wildman–Crippen MR) is 91.3 cm³/mol. The maximum atomic E-state index is 12.1. The summed E-state index contributed by atoms with van der Waals surface area (Å²) >= 11 is 1.64. The summed E-state index contributed by atoms with van der Waals surface area (Å²) in [7, 11) is 0. The van der Waals surface area contributed by atoms with Crippen LogP contribution < -0.4 is 10.6 Å². The molecular formula is C17H21N3O2S. The summed E-state index contributed by atoms with van der Waals surface area (Å²) in [6.07, 6.45) is 0.0587. The lowest BCUT2D eigenvalue weighted by Gasteiger charge is -2.13. The fraction of sp³-hybridized carbons (Fsp3) is 0.412. The second-order valence-corrected chi connectivity index (χ2v) is 6.83. The van der Waals surface area contributed by atoms with Crippen LogP contribution in [0.3, 0.4) is 0 Å². The molecule has 0 saturated carbocycles. The summed E-state index contributed by atoms with van der Waals surface area (Å²) in [6, 6.07) is 5.98. The topological polar surface area (TPSA) is 74.2 Å². The Bertz CT molecular complexity index is 714. The monoisotopic (exact) mass is 331 g/mol. The highest BCUT2D eigenvalue weighted by Gasteiger charge is 2.27. The Morgan fingerprint density at radius 2 is 2.30 bits per heavy atom. The first-order valence-electron chi connectivity index (χ1n) is 7.73. The molecule has 1 aliphatic rings. The van der Waals surface area contributed by atoms with E-state index in [0.717, 1.165) is 22.4 Å². The summed E-state index contributed by atoms with van der Waals surface area (Å²) < 4.78 is 0. The Morgan fingerprint density at radius 1 is 1.48 bits per heavy atom. The van der Waals surface area contributed by atoms with Crippen LogP contribution >= 0.6 is 11.3 Å². The Hall–Kier alpha value is -1.76. The predicted octanol–water partition coefficient (Wildman–Crippen LogP) is 1.77. The van der Waals surface area contributed by atoms with Crippen molar-refractivity contribution < 1.29 is 9.90 Å². The van der Waals surface area contributed by atoms with Crippen molar-refractivity contribution >= 4 is 17.2 Å².